The van der Waals surface area contributed by atoms with Crippen LogP contribution in [0, 0.1) is 40.4 Å². The van der Waals surface area contributed by atoms with E-state index in [4.69, 9.17) is 18.9 Å². The zero-order valence-electron chi connectivity index (χ0n) is 24.5. The van der Waals surface area contributed by atoms with Crippen molar-refractivity contribution in [3.8, 4) is 0 Å². The standard InChI is InChI=1S/C31H44O9/c1-14-9-22(39-28(36)15(14)2)16(3)26-21(33)11-20-18-10-25-31(40-25)27(35)23(37-6)12-24(34)29(31,5)19(18)7-8-30(20,26)13-38-17(4)32/h16,18-23,25-27,33,35H,7-13H2,1-6H3. The molecule has 2 aliphatic heterocycles. The van der Waals surface area contributed by atoms with Crippen LogP contribution in [0.25, 0.3) is 0 Å². The zero-order chi connectivity index (χ0) is 28.9. The minimum Gasteiger partial charge on any atom is -0.465 e. The second-order valence-corrected chi connectivity index (χ2v) is 13.9. The van der Waals surface area contributed by atoms with Crippen molar-refractivity contribution >= 4 is 17.7 Å². The molecule has 0 radical (unpaired) electrons. The topological polar surface area (TPSA) is 132 Å². The molecule has 9 heteroatoms. The lowest BCUT2D eigenvalue weighted by Gasteiger charge is -2.59. The second-order valence-electron chi connectivity index (χ2n) is 13.9. The number of epoxide rings is 1. The number of fused-ring (bicyclic) bond motifs is 4. The van der Waals surface area contributed by atoms with Gasteiger partial charge in [-0.15, -0.1) is 0 Å². The summed E-state index contributed by atoms with van der Waals surface area (Å²) in [5, 5.41) is 23.0. The van der Waals surface area contributed by atoms with Crippen LogP contribution < -0.4 is 0 Å². The Labute approximate surface area is 235 Å². The lowest BCUT2D eigenvalue weighted by atomic mass is 9.43. The van der Waals surface area contributed by atoms with Gasteiger partial charge < -0.3 is 29.2 Å². The van der Waals surface area contributed by atoms with Gasteiger partial charge >= 0.3 is 11.9 Å². The predicted molar refractivity (Wildman–Crippen MR) is 142 cm³/mol. The third-order valence-electron chi connectivity index (χ3n) is 12.5. The molecule has 0 aromatic rings. The van der Waals surface area contributed by atoms with Crippen molar-refractivity contribution in [1.29, 1.82) is 0 Å². The maximum Gasteiger partial charge on any atom is 0.333 e. The van der Waals surface area contributed by atoms with Gasteiger partial charge in [0.25, 0.3) is 0 Å². The maximum atomic E-state index is 13.8. The number of carbonyl (C=O) groups excluding carboxylic acids is 3. The van der Waals surface area contributed by atoms with E-state index in [1.165, 1.54) is 14.0 Å². The molecular weight excluding hydrogens is 516 g/mol. The highest BCUT2D eigenvalue weighted by Crippen LogP contribution is 2.74. The average Bonchev–Trinajstić information content (AvgIpc) is 3.57. The van der Waals surface area contributed by atoms with E-state index in [2.05, 4.69) is 0 Å². The average molecular weight is 561 g/mol. The largest absolute Gasteiger partial charge is 0.465 e. The van der Waals surface area contributed by atoms with Crippen LogP contribution in [-0.4, -0.2) is 77.8 Å². The molecule has 0 aromatic carbocycles. The highest BCUT2D eigenvalue weighted by molar-refractivity contribution is 5.90. The van der Waals surface area contributed by atoms with Gasteiger partial charge in [0.05, 0.1) is 30.3 Å². The highest BCUT2D eigenvalue weighted by atomic mass is 16.6. The van der Waals surface area contributed by atoms with Gasteiger partial charge in [-0.1, -0.05) is 12.5 Å². The lowest BCUT2D eigenvalue weighted by Crippen LogP contribution is -2.68. The van der Waals surface area contributed by atoms with Gasteiger partial charge in [0.1, 0.15) is 23.6 Å². The summed E-state index contributed by atoms with van der Waals surface area (Å²) >= 11 is 0. The van der Waals surface area contributed by atoms with Crippen LogP contribution in [0.4, 0.5) is 0 Å². The fourth-order valence-corrected chi connectivity index (χ4v) is 10.4. The molecule has 6 aliphatic rings. The Hall–Kier alpha value is -1.81. The molecule has 0 amide bonds. The summed E-state index contributed by atoms with van der Waals surface area (Å²) in [5.41, 5.74) is -0.654. The predicted octanol–water partition coefficient (Wildman–Crippen LogP) is 2.74. The summed E-state index contributed by atoms with van der Waals surface area (Å²) in [7, 11) is 1.52. The van der Waals surface area contributed by atoms with Crippen LogP contribution in [0.1, 0.15) is 73.1 Å². The molecule has 9 nitrogen and oxygen atoms in total. The van der Waals surface area contributed by atoms with Crippen LogP contribution >= 0.6 is 0 Å². The van der Waals surface area contributed by atoms with Crippen molar-refractivity contribution in [3.63, 3.8) is 0 Å². The Kier molecular flexibility index (Phi) is 6.62. The number of methoxy groups -OCH3 is 1. The van der Waals surface area contributed by atoms with Crippen molar-refractivity contribution in [1.82, 2.24) is 0 Å². The summed E-state index contributed by atoms with van der Waals surface area (Å²) in [5.74, 6) is -0.967. The first-order valence-corrected chi connectivity index (χ1v) is 14.9. The van der Waals surface area contributed by atoms with E-state index >= 15 is 0 Å². The van der Waals surface area contributed by atoms with Crippen LogP contribution in [0.15, 0.2) is 11.1 Å². The number of ketones is 1. The van der Waals surface area contributed by atoms with Gasteiger partial charge in [-0.05, 0) is 70.1 Å². The number of hydrogen-bond donors (Lipinski definition) is 2. The number of aliphatic hydroxyl groups is 2. The molecule has 40 heavy (non-hydrogen) atoms. The Bertz CT molecular complexity index is 1150. The number of Topliss-reactive ketones (excluding diaryl/α,β-unsaturated/α-hetero) is 1. The van der Waals surface area contributed by atoms with E-state index in [0.717, 1.165) is 5.57 Å². The molecule has 1 spiro atoms. The summed E-state index contributed by atoms with van der Waals surface area (Å²) in [6, 6.07) is 0. The molecule has 222 valence electrons. The monoisotopic (exact) mass is 560 g/mol. The first-order valence-electron chi connectivity index (χ1n) is 14.9. The number of ether oxygens (including phenoxy) is 4. The molecule has 2 heterocycles. The van der Waals surface area contributed by atoms with Gasteiger partial charge in [-0.25, -0.2) is 4.79 Å². The summed E-state index contributed by atoms with van der Waals surface area (Å²) in [4.78, 5) is 38.5. The Morgan fingerprint density at radius 3 is 2.52 bits per heavy atom. The molecule has 5 fully saturated rings. The Balaban J connectivity index is 1.36. The second kappa shape index (κ2) is 9.35. The summed E-state index contributed by atoms with van der Waals surface area (Å²) < 4.78 is 23.5. The van der Waals surface area contributed by atoms with Gasteiger partial charge in [0, 0.05) is 43.8 Å². The van der Waals surface area contributed by atoms with Gasteiger partial charge in [0.15, 0.2) is 0 Å². The smallest absolute Gasteiger partial charge is 0.333 e. The molecular formula is C31H44O9. The van der Waals surface area contributed by atoms with Crippen molar-refractivity contribution in [2.24, 2.45) is 40.4 Å². The van der Waals surface area contributed by atoms with E-state index < -0.39 is 34.7 Å². The molecule has 0 bridgehead atoms. The SMILES string of the molecule is COC1CC(=O)C2(C)C3CCC4(COC(C)=O)C(CC(O)C4C(C)C4CC(C)=C(C)C(=O)O4)C3CC3OC32C1O. The van der Waals surface area contributed by atoms with Crippen LogP contribution in [0.5, 0.6) is 0 Å². The van der Waals surface area contributed by atoms with Crippen LogP contribution in [0.2, 0.25) is 0 Å². The van der Waals surface area contributed by atoms with Crippen molar-refractivity contribution in [2.45, 2.75) is 109 Å². The van der Waals surface area contributed by atoms with Crippen molar-refractivity contribution in [2.75, 3.05) is 13.7 Å². The fourth-order valence-electron chi connectivity index (χ4n) is 10.4. The quantitative estimate of drug-likeness (QED) is 0.385. The normalized spacial score (nSPS) is 50.2. The molecule has 6 rings (SSSR count). The third-order valence-corrected chi connectivity index (χ3v) is 12.5. The van der Waals surface area contributed by atoms with E-state index in [1.54, 1.807) is 6.92 Å². The molecule has 0 aromatic heterocycles. The van der Waals surface area contributed by atoms with E-state index in [9.17, 15) is 24.6 Å². The fraction of sp³-hybridized carbons (Fsp3) is 0.839. The highest BCUT2D eigenvalue weighted by Gasteiger charge is 2.82. The number of cyclic esters (lactones) is 1. The number of aliphatic hydroxyl groups excluding tert-OH is 2. The minimum atomic E-state index is -0.929. The van der Waals surface area contributed by atoms with E-state index in [-0.39, 0.29) is 72.5 Å². The first kappa shape index (κ1) is 28.3. The number of carbonyl (C=O) groups is 3. The van der Waals surface area contributed by atoms with Gasteiger partial charge in [-0.3, -0.25) is 9.59 Å². The van der Waals surface area contributed by atoms with E-state index in [0.29, 0.717) is 37.7 Å². The van der Waals surface area contributed by atoms with Crippen LogP contribution in [-0.2, 0) is 33.3 Å². The number of esters is 2. The van der Waals surface area contributed by atoms with Gasteiger partial charge in [-0.2, -0.15) is 0 Å². The number of rotatable bonds is 5. The minimum absolute atomic E-state index is 0.00478. The zero-order valence-corrected chi connectivity index (χ0v) is 24.5. The molecule has 2 N–H and O–H groups in total. The Morgan fingerprint density at radius 1 is 1.15 bits per heavy atom. The molecule has 1 saturated heterocycles. The first-order chi connectivity index (χ1) is 18.8. The summed E-state index contributed by atoms with van der Waals surface area (Å²) in [6.07, 6.45) is 0.602. The molecule has 13 unspecified atom stereocenters. The lowest BCUT2D eigenvalue weighted by molar-refractivity contribution is -0.189. The summed E-state index contributed by atoms with van der Waals surface area (Å²) in [6.45, 7) is 9.36. The number of hydrogen-bond acceptors (Lipinski definition) is 9. The molecule has 4 aliphatic carbocycles. The molecule has 4 saturated carbocycles. The third kappa shape index (κ3) is 3.56. The van der Waals surface area contributed by atoms with Crippen molar-refractivity contribution < 1.29 is 43.5 Å². The van der Waals surface area contributed by atoms with Gasteiger partial charge in [0.2, 0.25) is 0 Å². The van der Waals surface area contributed by atoms with Crippen LogP contribution in [0.3, 0.4) is 0 Å². The maximum absolute atomic E-state index is 13.8. The Morgan fingerprint density at radius 2 is 1.88 bits per heavy atom. The van der Waals surface area contributed by atoms with E-state index in [1.807, 2.05) is 20.8 Å². The van der Waals surface area contributed by atoms with Crippen molar-refractivity contribution in [3.05, 3.63) is 11.1 Å². The molecule has 13 atom stereocenters.